The van der Waals surface area contributed by atoms with Crippen LogP contribution in [0.15, 0.2) is 9.93 Å². The van der Waals surface area contributed by atoms with Gasteiger partial charge in [0.1, 0.15) is 5.37 Å². The SMILES string of the molecule is CO[C@H]1C(=O)N2C(C(=O)O)=C(SCCN)S[C@H]12. The number of carboxylic acids is 1. The Labute approximate surface area is 107 Å². The number of amides is 1. The van der Waals surface area contributed by atoms with Crippen molar-refractivity contribution in [2.75, 3.05) is 19.4 Å². The maximum atomic E-state index is 11.7. The fourth-order valence-electron chi connectivity index (χ4n) is 1.72. The minimum absolute atomic E-state index is 0.0664. The normalized spacial score (nSPS) is 27.2. The van der Waals surface area contributed by atoms with Gasteiger partial charge in [-0.05, 0) is 0 Å². The second-order valence-corrected chi connectivity index (χ2v) is 5.94. The van der Waals surface area contributed by atoms with Crippen LogP contribution >= 0.6 is 23.5 Å². The Bertz CT molecular complexity index is 398. The second kappa shape index (κ2) is 4.89. The molecule has 94 valence electrons. The summed E-state index contributed by atoms with van der Waals surface area (Å²) < 4.78 is 5.67. The van der Waals surface area contributed by atoms with Crippen LogP contribution in [0.25, 0.3) is 0 Å². The van der Waals surface area contributed by atoms with E-state index in [4.69, 9.17) is 15.6 Å². The van der Waals surface area contributed by atoms with Crippen molar-refractivity contribution in [3.63, 3.8) is 0 Å². The summed E-state index contributed by atoms with van der Waals surface area (Å²) in [5, 5.41) is 8.89. The zero-order valence-corrected chi connectivity index (χ0v) is 10.7. The molecule has 1 saturated heterocycles. The van der Waals surface area contributed by atoms with Crippen LogP contribution < -0.4 is 5.73 Å². The molecule has 0 aromatic carbocycles. The number of hydrogen-bond donors (Lipinski definition) is 2. The van der Waals surface area contributed by atoms with E-state index in [2.05, 4.69) is 0 Å². The molecule has 0 bridgehead atoms. The van der Waals surface area contributed by atoms with Gasteiger partial charge in [-0.15, -0.1) is 11.8 Å². The number of carbonyl (C=O) groups is 2. The lowest BCUT2D eigenvalue weighted by Crippen LogP contribution is -2.61. The maximum Gasteiger partial charge on any atom is 0.354 e. The molecule has 0 radical (unpaired) electrons. The highest BCUT2D eigenvalue weighted by Gasteiger charge is 2.56. The van der Waals surface area contributed by atoms with Gasteiger partial charge in [0.25, 0.3) is 5.91 Å². The molecule has 2 aliphatic heterocycles. The molecular formula is C9H12N2O4S2. The minimum atomic E-state index is -1.08. The Morgan fingerprint density at radius 3 is 2.94 bits per heavy atom. The van der Waals surface area contributed by atoms with E-state index >= 15 is 0 Å². The number of carboxylic acid groups (broad SMARTS) is 1. The van der Waals surface area contributed by atoms with Crippen LogP contribution in [-0.4, -0.2) is 52.8 Å². The largest absolute Gasteiger partial charge is 0.477 e. The molecule has 8 heteroatoms. The van der Waals surface area contributed by atoms with E-state index in [0.717, 1.165) is 0 Å². The number of aliphatic carboxylic acids is 1. The Kier molecular flexibility index (Phi) is 3.67. The third kappa shape index (κ3) is 1.95. The quantitative estimate of drug-likeness (QED) is 0.675. The van der Waals surface area contributed by atoms with Crippen LogP contribution in [0, 0.1) is 0 Å². The van der Waals surface area contributed by atoms with Gasteiger partial charge in [-0.1, -0.05) is 11.8 Å². The van der Waals surface area contributed by atoms with E-state index in [1.54, 1.807) is 0 Å². The van der Waals surface area contributed by atoms with Crippen LogP contribution in [0.4, 0.5) is 0 Å². The molecule has 1 amide bonds. The molecule has 6 nitrogen and oxygen atoms in total. The smallest absolute Gasteiger partial charge is 0.354 e. The highest BCUT2D eigenvalue weighted by molar-refractivity contribution is 8.22. The standard InChI is InChI=1S/C9H12N2O4S2/c1-15-5-6(12)11-4(8(13)14)9(16-3-2-10)17-7(5)11/h5,7H,2-3,10H2,1H3,(H,13,14)/t5-,7+/m0/s1. The molecule has 0 spiro atoms. The number of ether oxygens (including phenoxy) is 1. The molecule has 0 aliphatic carbocycles. The molecule has 2 aliphatic rings. The lowest BCUT2D eigenvalue weighted by atomic mass is 10.1. The number of thioether (sulfide) groups is 2. The lowest BCUT2D eigenvalue weighted by molar-refractivity contribution is -0.161. The highest BCUT2D eigenvalue weighted by atomic mass is 32.2. The second-order valence-electron chi connectivity index (χ2n) is 3.45. The van der Waals surface area contributed by atoms with Crippen LogP contribution in [-0.2, 0) is 14.3 Å². The third-order valence-electron chi connectivity index (χ3n) is 2.46. The molecular weight excluding hydrogens is 264 g/mol. The molecule has 3 N–H and O–H groups in total. The summed E-state index contributed by atoms with van der Waals surface area (Å²) in [6.07, 6.45) is -0.537. The van der Waals surface area contributed by atoms with Gasteiger partial charge in [0.05, 0.1) is 4.24 Å². The van der Waals surface area contributed by atoms with Crippen molar-refractivity contribution in [2.45, 2.75) is 11.5 Å². The molecule has 2 heterocycles. The Morgan fingerprint density at radius 2 is 2.41 bits per heavy atom. The fourth-order valence-corrected chi connectivity index (χ4v) is 4.34. The van der Waals surface area contributed by atoms with Gasteiger partial charge in [0.15, 0.2) is 11.8 Å². The Hall–Kier alpha value is -0.700. The first kappa shape index (κ1) is 12.7. The van der Waals surface area contributed by atoms with Gasteiger partial charge in [0.2, 0.25) is 0 Å². The van der Waals surface area contributed by atoms with E-state index in [1.165, 1.54) is 35.5 Å². The number of nitrogens with zero attached hydrogens (tertiary/aromatic N) is 1. The van der Waals surface area contributed by atoms with Gasteiger partial charge in [-0.2, -0.15) is 0 Å². The average molecular weight is 276 g/mol. The molecule has 0 saturated carbocycles. The molecule has 2 rings (SSSR count). The summed E-state index contributed by atoms with van der Waals surface area (Å²) in [6, 6.07) is 0. The third-order valence-corrected chi connectivity index (χ3v) is 5.11. The predicted octanol–water partition coefficient (Wildman–Crippen LogP) is -0.138. The molecule has 1 fully saturated rings. The van der Waals surface area contributed by atoms with E-state index in [0.29, 0.717) is 16.5 Å². The van der Waals surface area contributed by atoms with Crippen molar-refractivity contribution in [1.82, 2.24) is 4.90 Å². The van der Waals surface area contributed by atoms with E-state index in [-0.39, 0.29) is 17.0 Å². The first-order chi connectivity index (χ1) is 8.11. The maximum absolute atomic E-state index is 11.7. The average Bonchev–Trinajstić information content (AvgIpc) is 2.62. The van der Waals surface area contributed by atoms with Crippen molar-refractivity contribution < 1.29 is 19.4 Å². The molecule has 0 aromatic rings. The van der Waals surface area contributed by atoms with Gasteiger partial charge >= 0.3 is 5.97 Å². The van der Waals surface area contributed by atoms with E-state index in [1.807, 2.05) is 0 Å². The fraction of sp³-hybridized carbons (Fsp3) is 0.556. The summed E-state index contributed by atoms with van der Waals surface area (Å²) >= 11 is 2.73. The van der Waals surface area contributed by atoms with Crippen molar-refractivity contribution in [3.05, 3.63) is 9.93 Å². The summed E-state index contributed by atoms with van der Waals surface area (Å²) in [4.78, 5) is 24.1. The topological polar surface area (TPSA) is 92.9 Å². The van der Waals surface area contributed by atoms with Crippen LogP contribution in [0.5, 0.6) is 0 Å². The van der Waals surface area contributed by atoms with Gasteiger partial charge < -0.3 is 15.6 Å². The van der Waals surface area contributed by atoms with Crippen molar-refractivity contribution >= 4 is 35.4 Å². The van der Waals surface area contributed by atoms with Crippen LogP contribution in [0.1, 0.15) is 0 Å². The number of rotatable bonds is 5. The summed E-state index contributed by atoms with van der Waals surface area (Å²) in [5.74, 6) is -0.737. The summed E-state index contributed by atoms with van der Waals surface area (Å²) in [6.45, 7) is 0.466. The number of β-lactam (4-membered cyclic amide) rings is 1. The Balaban J connectivity index is 2.20. The first-order valence-corrected chi connectivity index (χ1v) is 6.81. The number of carbonyl (C=O) groups excluding carboxylic acids is 1. The van der Waals surface area contributed by atoms with E-state index in [9.17, 15) is 9.59 Å². The Morgan fingerprint density at radius 1 is 1.71 bits per heavy atom. The summed E-state index contributed by atoms with van der Waals surface area (Å²) in [7, 11) is 1.45. The lowest BCUT2D eigenvalue weighted by Gasteiger charge is -2.40. The number of methoxy groups -OCH3 is 1. The van der Waals surface area contributed by atoms with Crippen LogP contribution in [0.3, 0.4) is 0 Å². The number of nitrogens with two attached hydrogens (primary N) is 1. The number of fused-ring (bicyclic) bond motifs is 1. The molecule has 0 aromatic heterocycles. The monoisotopic (exact) mass is 276 g/mol. The minimum Gasteiger partial charge on any atom is -0.477 e. The van der Waals surface area contributed by atoms with Crippen molar-refractivity contribution in [3.8, 4) is 0 Å². The zero-order valence-electron chi connectivity index (χ0n) is 9.08. The first-order valence-electron chi connectivity index (χ1n) is 4.94. The van der Waals surface area contributed by atoms with Crippen molar-refractivity contribution in [1.29, 1.82) is 0 Å². The van der Waals surface area contributed by atoms with Gasteiger partial charge in [-0.3, -0.25) is 9.69 Å². The zero-order chi connectivity index (χ0) is 12.6. The number of hydrogen-bond acceptors (Lipinski definition) is 6. The van der Waals surface area contributed by atoms with Crippen molar-refractivity contribution in [2.24, 2.45) is 5.73 Å². The molecule has 17 heavy (non-hydrogen) atoms. The molecule has 2 atom stereocenters. The van der Waals surface area contributed by atoms with E-state index < -0.39 is 12.1 Å². The molecule has 0 unspecified atom stereocenters. The highest BCUT2D eigenvalue weighted by Crippen LogP contribution is 2.51. The van der Waals surface area contributed by atoms with Gasteiger partial charge in [-0.25, -0.2) is 4.79 Å². The van der Waals surface area contributed by atoms with Crippen LogP contribution in [0.2, 0.25) is 0 Å². The predicted molar refractivity (Wildman–Crippen MR) is 65.2 cm³/mol. The van der Waals surface area contributed by atoms with Gasteiger partial charge in [0, 0.05) is 19.4 Å². The summed E-state index contributed by atoms with van der Waals surface area (Å²) in [5.41, 5.74) is 5.45.